The molecule has 1 fully saturated rings. The molecule has 0 bridgehead atoms. The fraction of sp³-hybridized carbons (Fsp3) is 0.435. The van der Waals surface area contributed by atoms with Gasteiger partial charge in [0.05, 0.1) is 12.1 Å². The van der Waals surface area contributed by atoms with Crippen LogP contribution in [0.25, 0.3) is 0 Å². The first-order chi connectivity index (χ1) is 13.2. The molecule has 27 heavy (non-hydrogen) atoms. The number of rotatable bonds is 4. The third kappa shape index (κ3) is 4.16. The summed E-state index contributed by atoms with van der Waals surface area (Å²) in [7, 11) is 0. The Hall–Kier alpha value is -2.33. The van der Waals surface area contributed by atoms with Gasteiger partial charge in [-0.05, 0) is 67.5 Å². The molecule has 2 aromatic carbocycles. The van der Waals surface area contributed by atoms with E-state index in [9.17, 15) is 4.79 Å². The molecule has 4 heteroatoms. The molecule has 3 N–H and O–H groups in total. The molecule has 2 aliphatic rings. The zero-order valence-electron chi connectivity index (χ0n) is 15.9. The number of nitrogen functional groups attached to an aromatic ring is 1. The predicted molar refractivity (Wildman–Crippen MR) is 109 cm³/mol. The van der Waals surface area contributed by atoms with Gasteiger partial charge < -0.3 is 11.1 Å². The molecule has 4 nitrogen and oxygen atoms in total. The van der Waals surface area contributed by atoms with Gasteiger partial charge in [-0.25, -0.2) is 0 Å². The van der Waals surface area contributed by atoms with Crippen molar-refractivity contribution >= 4 is 11.6 Å². The highest BCUT2D eigenvalue weighted by Crippen LogP contribution is 2.31. The van der Waals surface area contributed by atoms with Crippen LogP contribution in [0, 0.1) is 0 Å². The Kier molecular flexibility index (Phi) is 5.44. The number of likely N-dealkylation sites (tertiary alicyclic amines) is 1. The van der Waals surface area contributed by atoms with Crippen LogP contribution < -0.4 is 11.1 Å². The second kappa shape index (κ2) is 8.13. The molecule has 1 heterocycles. The number of nitrogens with zero attached hydrogens (tertiary/aromatic N) is 1. The number of aryl methyl sites for hydroxylation is 1. The van der Waals surface area contributed by atoms with Crippen molar-refractivity contribution in [1.82, 2.24) is 10.2 Å². The number of nitrogens with two attached hydrogens (primary N) is 1. The third-order valence-electron chi connectivity index (χ3n) is 5.94. The normalized spacial score (nSPS) is 22.8. The Morgan fingerprint density at radius 3 is 2.78 bits per heavy atom. The first-order valence-electron chi connectivity index (χ1n) is 10.2. The SMILES string of the molecule is Nc1ccc2c(c1)CCCC2NC(=O)C1CCCCN1Cc1ccccc1. The molecule has 2 atom stereocenters. The van der Waals surface area contributed by atoms with Crippen LogP contribution in [0.4, 0.5) is 5.69 Å². The lowest BCUT2D eigenvalue weighted by Crippen LogP contribution is -2.50. The van der Waals surface area contributed by atoms with Crippen LogP contribution in [-0.4, -0.2) is 23.4 Å². The average molecular weight is 364 g/mol. The van der Waals surface area contributed by atoms with Crippen molar-refractivity contribution < 1.29 is 4.79 Å². The van der Waals surface area contributed by atoms with E-state index >= 15 is 0 Å². The van der Waals surface area contributed by atoms with E-state index in [2.05, 4.69) is 46.6 Å². The van der Waals surface area contributed by atoms with Crippen molar-refractivity contribution in [2.24, 2.45) is 0 Å². The van der Waals surface area contributed by atoms with Crippen molar-refractivity contribution in [3.05, 3.63) is 65.2 Å². The largest absolute Gasteiger partial charge is 0.399 e. The van der Waals surface area contributed by atoms with Crippen LogP contribution >= 0.6 is 0 Å². The number of carbonyl (C=O) groups excluding carboxylic acids is 1. The summed E-state index contributed by atoms with van der Waals surface area (Å²) in [5, 5.41) is 3.36. The highest BCUT2D eigenvalue weighted by molar-refractivity contribution is 5.82. The maximum atomic E-state index is 13.2. The van der Waals surface area contributed by atoms with Gasteiger partial charge in [0.25, 0.3) is 0 Å². The van der Waals surface area contributed by atoms with Gasteiger partial charge in [0, 0.05) is 12.2 Å². The molecule has 4 rings (SSSR count). The highest BCUT2D eigenvalue weighted by Gasteiger charge is 2.31. The number of piperidine rings is 1. The van der Waals surface area contributed by atoms with E-state index in [1.54, 1.807) is 0 Å². The standard InChI is InChI=1S/C23H29N3O/c24-19-12-13-20-18(15-19)9-6-10-21(20)25-23(27)22-11-4-5-14-26(22)16-17-7-2-1-3-8-17/h1-3,7-8,12-13,15,21-22H,4-6,9-11,14,16,24H2,(H,25,27). The van der Waals surface area contributed by atoms with E-state index in [0.717, 1.165) is 50.9 Å². The lowest BCUT2D eigenvalue weighted by atomic mass is 9.87. The maximum Gasteiger partial charge on any atom is 0.237 e. The summed E-state index contributed by atoms with van der Waals surface area (Å²) < 4.78 is 0. The zero-order valence-corrected chi connectivity index (χ0v) is 15.9. The Morgan fingerprint density at radius 1 is 1.07 bits per heavy atom. The second-order valence-electron chi connectivity index (χ2n) is 7.88. The van der Waals surface area contributed by atoms with Gasteiger partial charge in [-0.2, -0.15) is 0 Å². The van der Waals surface area contributed by atoms with Crippen LogP contribution in [0.5, 0.6) is 0 Å². The third-order valence-corrected chi connectivity index (χ3v) is 5.94. The van der Waals surface area contributed by atoms with E-state index < -0.39 is 0 Å². The number of benzene rings is 2. The minimum atomic E-state index is -0.0295. The van der Waals surface area contributed by atoms with Gasteiger partial charge >= 0.3 is 0 Å². The van der Waals surface area contributed by atoms with Crippen molar-refractivity contribution in [2.75, 3.05) is 12.3 Å². The van der Waals surface area contributed by atoms with Gasteiger partial charge in [0.15, 0.2) is 0 Å². The smallest absolute Gasteiger partial charge is 0.237 e. The van der Waals surface area contributed by atoms with E-state index in [0.29, 0.717) is 0 Å². The number of fused-ring (bicyclic) bond motifs is 1. The van der Waals surface area contributed by atoms with Crippen molar-refractivity contribution in [1.29, 1.82) is 0 Å². The number of anilines is 1. The van der Waals surface area contributed by atoms with E-state index in [-0.39, 0.29) is 18.0 Å². The van der Waals surface area contributed by atoms with Crippen molar-refractivity contribution in [2.45, 2.75) is 57.2 Å². The summed E-state index contributed by atoms with van der Waals surface area (Å²) in [4.78, 5) is 15.5. The van der Waals surface area contributed by atoms with E-state index in [1.807, 2.05) is 12.1 Å². The van der Waals surface area contributed by atoms with E-state index in [4.69, 9.17) is 5.73 Å². The summed E-state index contributed by atoms with van der Waals surface area (Å²) in [5.74, 6) is 0.181. The Labute approximate surface area is 161 Å². The quantitative estimate of drug-likeness (QED) is 0.812. The van der Waals surface area contributed by atoms with Gasteiger partial charge in [-0.1, -0.05) is 42.8 Å². The molecule has 1 aliphatic heterocycles. The Balaban J connectivity index is 1.47. The number of amides is 1. The summed E-state index contributed by atoms with van der Waals surface area (Å²) >= 11 is 0. The van der Waals surface area contributed by atoms with Crippen molar-refractivity contribution in [3.63, 3.8) is 0 Å². The van der Waals surface area contributed by atoms with Gasteiger partial charge in [0.1, 0.15) is 0 Å². The molecule has 0 aromatic heterocycles. The first kappa shape index (κ1) is 18.1. The zero-order chi connectivity index (χ0) is 18.6. The molecule has 142 valence electrons. The topological polar surface area (TPSA) is 58.4 Å². The number of hydrogen-bond donors (Lipinski definition) is 2. The summed E-state index contributed by atoms with van der Waals surface area (Å²) in [5.41, 5.74) is 10.6. The van der Waals surface area contributed by atoms with Gasteiger partial charge in [-0.3, -0.25) is 9.69 Å². The minimum Gasteiger partial charge on any atom is -0.399 e. The van der Waals surface area contributed by atoms with Crippen LogP contribution in [0.3, 0.4) is 0 Å². The number of hydrogen-bond acceptors (Lipinski definition) is 3. The second-order valence-corrected chi connectivity index (χ2v) is 7.88. The summed E-state index contributed by atoms with van der Waals surface area (Å²) in [6.07, 6.45) is 6.40. The van der Waals surface area contributed by atoms with Crippen LogP contribution in [0.1, 0.15) is 54.8 Å². The molecular formula is C23H29N3O. The van der Waals surface area contributed by atoms with Crippen LogP contribution in [0.2, 0.25) is 0 Å². The van der Waals surface area contributed by atoms with Gasteiger partial charge in [0.2, 0.25) is 5.91 Å². The molecule has 2 aromatic rings. The lowest BCUT2D eigenvalue weighted by molar-refractivity contribution is -0.128. The molecule has 0 saturated carbocycles. The monoisotopic (exact) mass is 363 g/mol. The average Bonchev–Trinajstić information content (AvgIpc) is 2.69. The molecule has 1 aliphatic carbocycles. The summed E-state index contributed by atoms with van der Waals surface area (Å²) in [6, 6.07) is 16.7. The fourth-order valence-electron chi connectivity index (χ4n) is 4.55. The molecule has 1 amide bonds. The minimum absolute atomic E-state index is 0.0295. The predicted octanol–water partition coefficient (Wildman–Crippen LogP) is 3.82. The first-order valence-corrected chi connectivity index (χ1v) is 10.2. The van der Waals surface area contributed by atoms with Crippen molar-refractivity contribution in [3.8, 4) is 0 Å². The Morgan fingerprint density at radius 2 is 1.93 bits per heavy atom. The van der Waals surface area contributed by atoms with Crippen LogP contribution in [-0.2, 0) is 17.8 Å². The fourth-order valence-corrected chi connectivity index (χ4v) is 4.55. The molecule has 2 unspecified atom stereocenters. The summed E-state index contributed by atoms with van der Waals surface area (Å²) in [6.45, 7) is 1.83. The van der Waals surface area contributed by atoms with Crippen LogP contribution in [0.15, 0.2) is 48.5 Å². The lowest BCUT2D eigenvalue weighted by Gasteiger charge is -2.36. The van der Waals surface area contributed by atoms with Gasteiger partial charge in [-0.15, -0.1) is 0 Å². The molecule has 0 radical (unpaired) electrons. The molecule has 1 saturated heterocycles. The molecular weight excluding hydrogens is 334 g/mol. The highest BCUT2D eigenvalue weighted by atomic mass is 16.2. The maximum absolute atomic E-state index is 13.2. The number of nitrogens with one attached hydrogen (secondary N) is 1. The van der Waals surface area contributed by atoms with E-state index in [1.165, 1.54) is 23.1 Å². The Bertz CT molecular complexity index is 789. The molecule has 0 spiro atoms. The number of carbonyl (C=O) groups is 1.